The van der Waals surface area contributed by atoms with E-state index in [2.05, 4.69) is 24.1 Å². The van der Waals surface area contributed by atoms with Crippen molar-refractivity contribution in [1.82, 2.24) is 10.6 Å². The third-order valence-corrected chi connectivity index (χ3v) is 1.81. The number of rotatable bonds is 9. The first-order valence-electron chi connectivity index (χ1n) is 5.51. The Bertz CT molecular complexity index is 172. The van der Waals surface area contributed by atoms with E-state index in [1.165, 1.54) is 0 Å². The summed E-state index contributed by atoms with van der Waals surface area (Å²) in [4.78, 5) is 11.1. The van der Waals surface area contributed by atoms with Crippen LogP contribution in [0.1, 0.15) is 26.2 Å². The second-order valence-corrected chi connectivity index (χ2v) is 3.23. The average molecular weight is 214 g/mol. The maximum absolute atomic E-state index is 11.1. The monoisotopic (exact) mass is 214 g/mol. The number of hydrogen-bond acceptors (Lipinski definition) is 2. The second-order valence-electron chi connectivity index (χ2n) is 3.23. The van der Waals surface area contributed by atoms with Gasteiger partial charge in [-0.3, -0.25) is 0 Å². The van der Waals surface area contributed by atoms with E-state index in [1.54, 1.807) is 0 Å². The lowest BCUT2D eigenvalue weighted by Crippen LogP contribution is -2.37. The standard InChI is InChI=1S/C11H22N2O2/c1-3-5-7-12-11(14)13-8-10-15-9-6-4-2/h4H,2-3,5-10H2,1H3,(H2,12,13,14). The maximum atomic E-state index is 11.1. The Morgan fingerprint density at radius 1 is 1.33 bits per heavy atom. The largest absolute Gasteiger partial charge is 0.379 e. The van der Waals surface area contributed by atoms with Gasteiger partial charge in [-0.25, -0.2) is 4.79 Å². The molecule has 0 unspecified atom stereocenters. The molecule has 0 radical (unpaired) electrons. The van der Waals surface area contributed by atoms with Gasteiger partial charge in [-0.05, 0) is 12.8 Å². The first kappa shape index (κ1) is 14.0. The lowest BCUT2D eigenvalue weighted by molar-refractivity contribution is 0.141. The van der Waals surface area contributed by atoms with Crippen LogP contribution >= 0.6 is 0 Å². The van der Waals surface area contributed by atoms with Gasteiger partial charge in [-0.15, -0.1) is 6.58 Å². The van der Waals surface area contributed by atoms with E-state index in [1.807, 2.05) is 6.08 Å². The van der Waals surface area contributed by atoms with E-state index in [-0.39, 0.29) is 6.03 Å². The van der Waals surface area contributed by atoms with Crippen molar-refractivity contribution < 1.29 is 9.53 Å². The molecule has 15 heavy (non-hydrogen) atoms. The summed E-state index contributed by atoms with van der Waals surface area (Å²) in [5.74, 6) is 0. The van der Waals surface area contributed by atoms with Gasteiger partial charge in [0, 0.05) is 13.1 Å². The highest BCUT2D eigenvalue weighted by Gasteiger charge is 1.96. The Labute approximate surface area is 92.1 Å². The number of urea groups is 1. The maximum Gasteiger partial charge on any atom is 0.314 e. The second kappa shape index (κ2) is 11.0. The van der Waals surface area contributed by atoms with Crippen molar-refractivity contribution >= 4 is 6.03 Å². The zero-order chi connectivity index (χ0) is 11.4. The van der Waals surface area contributed by atoms with Crippen molar-refractivity contribution in [2.24, 2.45) is 0 Å². The molecule has 0 aliphatic rings. The molecule has 0 spiro atoms. The van der Waals surface area contributed by atoms with Gasteiger partial charge in [0.15, 0.2) is 0 Å². The van der Waals surface area contributed by atoms with Crippen LogP contribution in [0.3, 0.4) is 0 Å². The van der Waals surface area contributed by atoms with Gasteiger partial charge < -0.3 is 15.4 Å². The molecule has 0 atom stereocenters. The smallest absolute Gasteiger partial charge is 0.314 e. The van der Waals surface area contributed by atoms with Gasteiger partial charge in [-0.2, -0.15) is 0 Å². The number of ether oxygens (including phenoxy) is 1. The van der Waals surface area contributed by atoms with Crippen LogP contribution in [-0.4, -0.2) is 32.3 Å². The fourth-order valence-corrected chi connectivity index (χ4v) is 0.947. The highest BCUT2D eigenvalue weighted by atomic mass is 16.5. The topological polar surface area (TPSA) is 50.4 Å². The van der Waals surface area contributed by atoms with Crippen LogP contribution in [0.25, 0.3) is 0 Å². The predicted molar refractivity (Wildman–Crippen MR) is 61.9 cm³/mol. The van der Waals surface area contributed by atoms with Crippen LogP contribution in [0, 0.1) is 0 Å². The van der Waals surface area contributed by atoms with Gasteiger partial charge in [0.05, 0.1) is 13.2 Å². The molecule has 0 aromatic heterocycles. The van der Waals surface area contributed by atoms with E-state index in [4.69, 9.17) is 4.74 Å². The Kier molecular flexibility index (Phi) is 10.3. The summed E-state index contributed by atoms with van der Waals surface area (Å²) in [7, 11) is 0. The van der Waals surface area contributed by atoms with Crippen molar-refractivity contribution in [3.05, 3.63) is 12.7 Å². The van der Waals surface area contributed by atoms with Gasteiger partial charge >= 0.3 is 6.03 Å². The third-order valence-electron chi connectivity index (χ3n) is 1.81. The Balaban J connectivity index is 3.13. The lowest BCUT2D eigenvalue weighted by Gasteiger charge is -2.07. The summed E-state index contributed by atoms with van der Waals surface area (Å²) in [6, 6.07) is -0.115. The Morgan fingerprint density at radius 2 is 2.07 bits per heavy atom. The highest BCUT2D eigenvalue weighted by molar-refractivity contribution is 5.73. The molecule has 4 heteroatoms. The molecule has 0 saturated heterocycles. The van der Waals surface area contributed by atoms with Crippen molar-refractivity contribution in [1.29, 1.82) is 0 Å². The quantitative estimate of drug-likeness (QED) is 0.453. The van der Waals surface area contributed by atoms with E-state index >= 15 is 0 Å². The molecule has 0 heterocycles. The lowest BCUT2D eigenvalue weighted by atomic mass is 10.3. The molecule has 0 bridgehead atoms. The number of nitrogens with one attached hydrogen (secondary N) is 2. The van der Waals surface area contributed by atoms with Crippen molar-refractivity contribution in [2.45, 2.75) is 26.2 Å². The fraction of sp³-hybridized carbons (Fsp3) is 0.727. The molecule has 88 valence electrons. The van der Waals surface area contributed by atoms with E-state index < -0.39 is 0 Å². The molecule has 0 aromatic rings. The molecular formula is C11H22N2O2. The van der Waals surface area contributed by atoms with Gasteiger partial charge in [0.1, 0.15) is 0 Å². The molecular weight excluding hydrogens is 192 g/mol. The highest BCUT2D eigenvalue weighted by Crippen LogP contribution is 1.83. The average Bonchev–Trinajstić information content (AvgIpc) is 2.23. The van der Waals surface area contributed by atoms with Crippen molar-refractivity contribution in [3.8, 4) is 0 Å². The molecule has 2 amide bonds. The first-order chi connectivity index (χ1) is 7.31. The normalized spacial score (nSPS) is 9.67. The minimum Gasteiger partial charge on any atom is -0.379 e. The minimum atomic E-state index is -0.115. The van der Waals surface area contributed by atoms with E-state index in [9.17, 15) is 4.79 Å². The van der Waals surface area contributed by atoms with Crippen LogP contribution < -0.4 is 10.6 Å². The summed E-state index contributed by atoms with van der Waals surface area (Å²) in [5, 5.41) is 5.48. The minimum absolute atomic E-state index is 0.115. The van der Waals surface area contributed by atoms with E-state index in [0.717, 1.165) is 25.8 Å². The number of amides is 2. The summed E-state index contributed by atoms with van der Waals surface area (Å²) in [5.41, 5.74) is 0. The van der Waals surface area contributed by atoms with Crippen LogP contribution in [0.4, 0.5) is 4.79 Å². The summed E-state index contributed by atoms with van der Waals surface area (Å²) >= 11 is 0. The Hall–Kier alpha value is -1.03. The summed E-state index contributed by atoms with van der Waals surface area (Å²) in [6.45, 7) is 8.19. The number of carbonyl (C=O) groups excluding carboxylic acids is 1. The Morgan fingerprint density at radius 3 is 2.73 bits per heavy atom. The van der Waals surface area contributed by atoms with Crippen LogP contribution in [-0.2, 0) is 4.74 Å². The third kappa shape index (κ3) is 10.9. The number of hydrogen-bond donors (Lipinski definition) is 2. The summed E-state index contributed by atoms with van der Waals surface area (Å²) in [6.07, 6.45) is 4.77. The fourth-order valence-electron chi connectivity index (χ4n) is 0.947. The van der Waals surface area contributed by atoms with Gasteiger partial charge in [0.2, 0.25) is 0 Å². The molecule has 4 nitrogen and oxygen atoms in total. The van der Waals surface area contributed by atoms with Gasteiger partial charge in [0.25, 0.3) is 0 Å². The van der Waals surface area contributed by atoms with Crippen LogP contribution in [0.15, 0.2) is 12.7 Å². The molecule has 2 N–H and O–H groups in total. The molecule has 0 aliphatic carbocycles. The SMILES string of the molecule is C=CCCOCCNC(=O)NCCCC. The van der Waals surface area contributed by atoms with Gasteiger partial charge in [-0.1, -0.05) is 19.4 Å². The van der Waals surface area contributed by atoms with Crippen LogP contribution in [0.2, 0.25) is 0 Å². The van der Waals surface area contributed by atoms with Crippen molar-refractivity contribution in [2.75, 3.05) is 26.3 Å². The molecule has 0 fully saturated rings. The molecule has 0 rings (SSSR count). The number of carbonyl (C=O) groups is 1. The first-order valence-corrected chi connectivity index (χ1v) is 5.51. The van der Waals surface area contributed by atoms with Crippen LogP contribution in [0.5, 0.6) is 0 Å². The summed E-state index contributed by atoms with van der Waals surface area (Å²) < 4.78 is 5.24. The molecule has 0 saturated carbocycles. The molecule has 0 aliphatic heterocycles. The predicted octanol–water partition coefficient (Wildman–Crippen LogP) is 1.68. The molecule has 0 aromatic carbocycles. The van der Waals surface area contributed by atoms with Crippen molar-refractivity contribution in [3.63, 3.8) is 0 Å². The zero-order valence-electron chi connectivity index (χ0n) is 9.55. The number of unbranched alkanes of at least 4 members (excludes halogenated alkanes) is 1. The zero-order valence-corrected chi connectivity index (χ0v) is 9.55. The van der Waals surface area contributed by atoms with E-state index in [0.29, 0.717) is 19.8 Å².